The van der Waals surface area contributed by atoms with Gasteiger partial charge in [-0.3, -0.25) is 4.79 Å². The molecule has 0 bridgehead atoms. The van der Waals surface area contributed by atoms with Crippen molar-refractivity contribution in [2.24, 2.45) is 5.73 Å². The molecule has 0 aromatic heterocycles. The molecule has 0 spiro atoms. The molecule has 0 aliphatic rings. The lowest BCUT2D eigenvalue weighted by Gasteiger charge is -2.18. The minimum absolute atomic E-state index is 0.0720. The number of hydrogen-bond acceptors (Lipinski definition) is 4. The largest absolute Gasteiger partial charge is 0.446 e. The Hall–Kier alpha value is -1.25. The third-order valence-corrected chi connectivity index (χ3v) is 3.38. The molecule has 0 radical (unpaired) electrons. The first kappa shape index (κ1) is 17.8. The fraction of sp³-hybridized carbons (Fsp3) is 0.462. The Morgan fingerprint density at radius 2 is 1.90 bits per heavy atom. The molecule has 1 aromatic carbocycles. The van der Waals surface area contributed by atoms with Crippen LogP contribution in [0.5, 0.6) is 0 Å². The van der Waals surface area contributed by atoms with Crippen molar-refractivity contribution in [3.05, 3.63) is 29.8 Å². The second kappa shape index (κ2) is 7.67. The number of hydrogen-bond donors (Lipinski definition) is 2. The normalized spacial score (nSPS) is 13.4. The standard InChI is InChI=1S/C13H18F3N3OS/c1-19(2)8-7-18-11(12(17)20)9-3-5-10(6-4-9)21-13(14,15)16/h3-6,11,18H,7-8H2,1-2H3,(H2,17,20). The molecule has 0 aliphatic heterocycles. The zero-order chi connectivity index (χ0) is 16.0. The number of carbonyl (C=O) groups is 1. The van der Waals surface area contributed by atoms with Gasteiger partial charge in [-0.05, 0) is 43.6 Å². The predicted octanol–water partition coefficient (Wildman–Crippen LogP) is 1.98. The molecule has 0 heterocycles. The average molecular weight is 321 g/mol. The Labute approximate surface area is 125 Å². The molecule has 0 saturated heterocycles. The Kier molecular flexibility index (Phi) is 6.50. The molecule has 1 aromatic rings. The molecule has 8 heteroatoms. The molecule has 1 amide bonds. The number of thioether (sulfide) groups is 1. The van der Waals surface area contributed by atoms with Crippen molar-refractivity contribution in [3.8, 4) is 0 Å². The summed E-state index contributed by atoms with van der Waals surface area (Å²) in [7, 11) is 3.79. The third kappa shape index (κ3) is 6.83. The summed E-state index contributed by atoms with van der Waals surface area (Å²) < 4.78 is 36.7. The molecule has 1 atom stereocenters. The van der Waals surface area contributed by atoms with Gasteiger partial charge in [0.1, 0.15) is 6.04 Å². The van der Waals surface area contributed by atoms with Gasteiger partial charge in [0.15, 0.2) is 0 Å². The molecular weight excluding hydrogens is 303 g/mol. The van der Waals surface area contributed by atoms with Crippen molar-refractivity contribution in [2.75, 3.05) is 27.2 Å². The lowest BCUT2D eigenvalue weighted by molar-refractivity contribution is -0.120. The van der Waals surface area contributed by atoms with Crippen molar-refractivity contribution in [1.29, 1.82) is 0 Å². The smallest absolute Gasteiger partial charge is 0.368 e. The summed E-state index contributed by atoms with van der Waals surface area (Å²) >= 11 is -0.192. The monoisotopic (exact) mass is 321 g/mol. The van der Waals surface area contributed by atoms with E-state index in [-0.39, 0.29) is 16.7 Å². The van der Waals surface area contributed by atoms with E-state index in [1.165, 1.54) is 24.3 Å². The van der Waals surface area contributed by atoms with E-state index in [9.17, 15) is 18.0 Å². The van der Waals surface area contributed by atoms with Gasteiger partial charge in [0.05, 0.1) is 0 Å². The number of carbonyl (C=O) groups excluding carboxylic acids is 1. The first-order valence-corrected chi connectivity index (χ1v) is 7.04. The lowest BCUT2D eigenvalue weighted by atomic mass is 10.1. The van der Waals surface area contributed by atoms with Crippen LogP contribution in [0, 0.1) is 0 Å². The minimum Gasteiger partial charge on any atom is -0.368 e. The van der Waals surface area contributed by atoms with Crippen LogP contribution >= 0.6 is 11.8 Å². The highest BCUT2D eigenvalue weighted by atomic mass is 32.2. The number of nitrogens with two attached hydrogens (primary N) is 1. The van der Waals surface area contributed by atoms with E-state index >= 15 is 0 Å². The maximum atomic E-state index is 12.2. The van der Waals surface area contributed by atoms with Crippen LogP contribution in [-0.4, -0.2) is 43.5 Å². The Morgan fingerprint density at radius 1 is 1.33 bits per heavy atom. The number of likely N-dealkylation sites (N-methyl/N-ethyl adjacent to an activating group) is 1. The van der Waals surface area contributed by atoms with Crippen molar-refractivity contribution in [2.45, 2.75) is 16.4 Å². The predicted molar refractivity (Wildman–Crippen MR) is 76.8 cm³/mol. The molecule has 0 saturated carbocycles. The van der Waals surface area contributed by atoms with Gasteiger partial charge < -0.3 is 16.0 Å². The first-order valence-electron chi connectivity index (χ1n) is 6.22. The van der Waals surface area contributed by atoms with Crippen LogP contribution < -0.4 is 11.1 Å². The van der Waals surface area contributed by atoms with Gasteiger partial charge >= 0.3 is 5.51 Å². The Balaban J connectivity index is 2.73. The number of primary amides is 1. The molecule has 1 unspecified atom stereocenters. The van der Waals surface area contributed by atoms with E-state index in [2.05, 4.69) is 5.32 Å². The zero-order valence-electron chi connectivity index (χ0n) is 11.8. The summed E-state index contributed by atoms with van der Waals surface area (Å²) in [6, 6.07) is 4.90. The van der Waals surface area contributed by atoms with Crippen molar-refractivity contribution in [1.82, 2.24) is 10.2 Å². The zero-order valence-corrected chi connectivity index (χ0v) is 12.6. The van der Waals surface area contributed by atoms with Gasteiger partial charge in [-0.1, -0.05) is 12.1 Å². The van der Waals surface area contributed by atoms with E-state index in [0.29, 0.717) is 18.7 Å². The summed E-state index contributed by atoms with van der Waals surface area (Å²) in [4.78, 5) is 13.5. The van der Waals surface area contributed by atoms with E-state index in [0.717, 1.165) is 0 Å². The van der Waals surface area contributed by atoms with Crippen LogP contribution in [-0.2, 0) is 4.79 Å². The fourth-order valence-corrected chi connectivity index (χ4v) is 2.22. The molecule has 0 fully saturated rings. The first-order chi connectivity index (χ1) is 9.69. The van der Waals surface area contributed by atoms with Crippen LogP contribution in [0.2, 0.25) is 0 Å². The molecule has 21 heavy (non-hydrogen) atoms. The van der Waals surface area contributed by atoms with Crippen molar-refractivity contribution < 1.29 is 18.0 Å². The van der Waals surface area contributed by atoms with Crippen molar-refractivity contribution >= 4 is 17.7 Å². The number of rotatable bonds is 7. The molecule has 118 valence electrons. The number of halogens is 3. The summed E-state index contributed by atoms with van der Waals surface area (Å²) in [5, 5.41) is 2.99. The van der Waals surface area contributed by atoms with E-state index in [1.807, 2.05) is 19.0 Å². The van der Waals surface area contributed by atoms with Crippen LogP contribution in [0.15, 0.2) is 29.2 Å². The molecule has 0 aliphatic carbocycles. The molecular formula is C13H18F3N3OS. The minimum atomic E-state index is -4.32. The summed E-state index contributed by atoms with van der Waals surface area (Å²) in [5.41, 5.74) is 1.55. The maximum absolute atomic E-state index is 12.2. The highest BCUT2D eigenvalue weighted by Crippen LogP contribution is 2.36. The summed E-state index contributed by atoms with van der Waals surface area (Å²) in [5.74, 6) is -0.565. The SMILES string of the molecule is CN(C)CCNC(C(N)=O)c1ccc(SC(F)(F)F)cc1. The van der Waals surface area contributed by atoms with Gasteiger partial charge in [0.2, 0.25) is 5.91 Å². The summed E-state index contributed by atoms with van der Waals surface area (Å²) in [6.07, 6.45) is 0. The lowest BCUT2D eigenvalue weighted by Crippen LogP contribution is -2.37. The Bertz CT molecular complexity index is 463. The summed E-state index contributed by atoms with van der Waals surface area (Å²) in [6.45, 7) is 1.26. The van der Waals surface area contributed by atoms with Gasteiger partial charge in [-0.2, -0.15) is 13.2 Å². The Morgan fingerprint density at radius 3 is 2.33 bits per heavy atom. The molecule has 1 rings (SSSR count). The fourth-order valence-electron chi connectivity index (χ4n) is 1.68. The topological polar surface area (TPSA) is 58.4 Å². The van der Waals surface area contributed by atoms with Crippen LogP contribution in [0.1, 0.15) is 11.6 Å². The van der Waals surface area contributed by atoms with E-state index < -0.39 is 17.5 Å². The van der Waals surface area contributed by atoms with Gasteiger partial charge in [0, 0.05) is 18.0 Å². The van der Waals surface area contributed by atoms with Gasteiger partial charge in [-0.25, -0.2) is 0 Å². The van der Waals surface area contributed by atoms with Gasteiger partial charge in [-0.15, -0.1) is 0 Å². The van der Waals surface area contributed by atoms with E-state index in [1.54, 1.807) is 0 Å². The maximum Gasteiger partial charge on any atom is 0.446 e. The van der Waals surface area contributed by atoms with Crippen LogP contribution in [0.4, 0.5) is 13.2 Å². The third-order valence-electron chi connectivity index (χ3n) is 2.64. The number of benzene rings is 1. The highest BCUT2D eigenvalue weighted by molar-refractivity contribution is 8.00. The number of nitrogens with zero attached hydrogens (tertiary/aromatic N) is 1. The highest BCUT2D eigenvalue weighted by Gasteiger charge is 2.29. The van der Waals surface area contributed by atoms with Crippen LogP contribution in [0.25, 0.3) is 0 Å². The molecule has 3 N–H and O–H groups in total. The second-order valence-electron chi connectivity index (χ2n) is 4.71. The number of alkyl halides is 3. The van der Waals surface area contributed by atoms with E-state index in [4.69, 9.17) is 5.73 Å². The van der Waals surface area contributed by atoms with Crippen molar-refractivity contribution in [3.63, 3.8) is 0 Å². The average Bonchev–Trinajstić information content (AvgIpc) is 2.33. The second-order valence-corrected chi connectivity index (χ2v) is 5.85. The van der Waals surface area contributed by atoms with Crippen LogP contribution in [0.3, 0.4) is 0 Å². The van der Waals surface area contributed by atoms with Gasteiger partial charge in [0.25, 0.3) is 0 Å². The number of amides is 1. The quantitative estimate of drug-likeness (QED) is 0.754. The number of nitrogens with one attached hydrogen (secondary N) is 1. The molecule has 4 nitrogen and oxygen atoms in total.